The number of aliphatic hydroxyl groups is 1. The van der Waals surface area contributed by atoms with Crippen LogP contribution in [-0.4, -0.2) is 21.8 Å². The Kier molecular flexibility index (Phi) is 5.09. The van der Waals surface area contributed by atoms with Gasteiger partial charge in [0.1, 0.15) is 11.6 Å². The summed E-state index contributed by atoms with van der Waals surface area (Å²) in [7, 11) is 0. The van der Waals surface area contributed by atoms with Gasteiger partial charge in [0.05, 0.1) is 11.6 Å². The summed E-state index contributed by atoms with van der Waals surface area (Å²) >= 11 is 12.3. The van der Waals surface area contributed by atoms with E-state index in [1.807, 2.05) is 0 Å². The molecule has 0 saturated carbocycles. The molecule has 1 aliphatic heterocycles. The van der Waals surface area contributed by atoms with E-state index in [0.717, 1.165) is 0 Å². The molecule has 1 N–H and O–H groups in total. The van der Waals surface area contributed by atoms with E-state index in [2.05, 4.69) is 4.98 Å². The van der Waals surface area contributed by atoms with E-state index in [1.165, 1.54) is 11.1 Å². The van der Waals surface area contributed by atoms with Crippen molar-refractivity contribution in [1.82, 2.24) is 4.98 Å². The van der Waals surface area contributed by atoms with E-state index >= 15 is 0 Å². The first-order valence-corrected chi connectivity index (χ1v) is 9.47. The zero-order valence-electron chi connectivity index (χ0n) is 14.9. The number of aliphatic hydroxyl groups excluding tert-OH is 1. The van der Waals surface area contributed by atoms with E-state index in [0.29, 0.717) is 21.2 Å². The van der Waals surface area contributed by atoms with Crippen LogP contribution in [0.5, 0.6) is 0 Å². The number of halogens is 2. The number of amides is 1. The predicted octanol–water partition coefficient (Wildman–Crippen LogP) is 5.01. The highest BCUT2D eigenvalue weighted by atomic mass is 35.5. The van der Waals surface area contributed by atoms with Crippen LogP contribution in [0.3, 0.4) is 0 Å². The standard InChI is InChI=1S/C22H14Cl2N2O3/c23-14-10-8-13(9-11-14)20(27)18-19(15-5-1-2-6-16(15)24)26(22(29)21(18)28)17-7-3-4-12-25-17/h1-12,19,27H/t19-/m0/s1. The normalized spacial score (nSPS) is 18.3. The Morgan fingerprint density at radius 2 is 1.62 bits per heavy atom. The van der Waals surface area contributed by atoms with Gasteiger partial charge in [0.15, 0.2) is 0 Å². The number of Topliss-reactive ketones (excluding diaryl/α,β-unsaturated/α-hetero) is 1. The third kappa shape index (κ3) is 3.39. The Bertz CT molecular complexity index is 1130. The summed E-state index contributed by atoms with van der Waals surface area (Å²) in [5.74, 6) is -1.62. The molecule has 1 aliphatic rings. The Morgan fingerprint density at radius 1 is 0.931 bits per heavy atom. The van der Waals surface area contributed by atoms with Crippen LogP contribution in [0.4, 0.5) is 5.82 Å². The Labute approximate surface area is 176 Å². The topological polar surface area (TPSA) is 70.5 Å². The van der Waals surface area contributed by atoms with Gasteiger partial charge in [0, 0.05) is 21.8 Å². The predicted molar refractivity (Wildman–Crippen MR) is 112 cm³/mol. The molecule has 144 valence electrons. The van der Waals surface area contributed by atoms with Crippen LogP contribution in [0.1, 0.15) is 17.2 Å². The second kappa shape index (κ2) is 7.70. The molecule has 0 radical (unpaired) electrons. The number of anilines is 1. The molecule has 4 rings (SSSR count). The summed E-state index contributed by atoms with van der Waals surface area (Å²) in [6.07, 6.45) is 1.53. The smallest absolute Gasteiger partial charge is 0.301 e. The lowest BCUT2D eigenvalue weighted by atomic mass is 9.95. The minimum atomic E-state index is -0.922. The van der Waals surface area contributed by atoms with Gasteiger partial charge in [-0.15, -0.1) is 0 Å². The second-order valence-corrected chi connectivity index (χ2v) is 7.23. The van der Waals surface area contributed by atoms with Crippen molar-refractivity contribution in [2.24, 2.45) is 0 Å². The fourth-order valence-electron chi connectivity index (χ4n) is 3.32. The van der Waals surface area contributed by atoms with Crippen LogP contribution < -0.4 is 4.90 Å². The van der Waals surface area contributed by atoms with E-state index in [-0.39, 0.29) is 17.2 Å². The number of pyridine rings is 1. The first-order valence-electron chi connectivity index (χ1n) is 8.71. The van der Waals surface area contributed by atoms with Crippen LogP contribution in [0, 0.1) is 0 Å². The monoisotopic (exact) mass is 424 g/mol. The largest absolute Gasteiger partial charge is 0.507 e. The number of nitrogens with zero attached hydrogens (tertiary/aromatic N) is 2. The Balaban J connectivity index is 1.97. The molecule has 2 aromatic carbocycles. The van der Waals surface area contributed by atoms with Gasteiger partial charge in [-0.3, -0.25) is 14.5 Å². The fourth-order valence-corrected chi connectivity index (χ4v) is 3.68. The van der Waals surface area contributed by atoms with Crippen molar-refractivity contribution in [1.29, 1.82) is 0 Å². The quantitative estimate of drug-likeness (QED) is 0.364. The molecule has 1 aromatic heterocycles. The van der Waals surface area contributed by atoms with E-state index in [9.17, 15) is 14.7 Å². The van der Waals surface area contributed by atoms with Crippen molar-refractivity contribution < 1.29 is 14.7 Å². The highest BCUT2D eigenvalue weighted by molar-refractivity contribution is 6.51. The second-order valence-electron chi connectivity index (χ2n) is 6.39. The summed E-state index contributed by atoms with van der Waals surface area (Å²) in [4.78, 5) is 31.4. The lowest BCUT2D eigenvalue weighted by Gasteiger charge is -2.25. The maximum atomic E-state index is 13.0. The number of aromatic nitrogens is 1. The van der Waals surface area contributed by atoms with Gasteiger partial charge in [0.25, 0.3) is 5.78 Å². The number of rotatable bonds is 3. The van der Waals surface area contributed by atoms with Gasteiger partial charge in [-0.1, -0.05) is 47.5 Å². The first kappa shape index (κ1) is 19.2. The summed E-state index contributed by atoms with van der Waals surface area (Å²) in [6.45, 7) is 0. The van der Waals surface area contributed by atoms with Crippen molar-refractivity contribution in [3.05, 3.63) is 99.7 Å². The third-order valence-electron chi connectivity index (χ3n) is 4.66. The molecular formula is C22H14Cl2N2O3. The van der Waals surface area contributed by atoms with E-state index in [1.54, 1.807) is 66.7 Å². The molecular weight excluding hydrogens is 411 g/mol. The maximum absolute atomic E-state index is 13.0. The van der Waals surface area contributed by atoms with Crippen molar-refractivity contribution >= 4 is 46.5 Å². The van der Waals surface area contributed by atoms with Crippen molar-refractivity contribution in [2.45, 2.75) is 6.04 Å². The minimum Gasteiger partial charge on any atom is -0.507 e. The average molecular weight is 425 g/mol. The molecule has 1 saturated heterocycles. The molecule has 2 heterocycles. The number of carbonyl (C=O) groups excluding carboxylic acids is 2. The van der Waals surface area contributed by atoms with Crippen LogP contribution in [0.25, 0.3) is 5.76 Å². The SMILES string of the molecule is O=C1C(=O)N(c2ccccn2)[C@@H](c2ccccc2Cl)C1=C(O)c1ccc(Cl)cc1. The molecule has 1 fully saturated rings. The molecule has 1 atom stereocenters. The zero-order valence-corrected chi connectivity index (χ0v) is 16.4. The first-order chi connectivity index (χ1) is 14.0. The van der Waals surface area contributed by atoms with Gasteiger partial charge >= 0.3 is 5.91 Å². The summed E-state index contributed by atoms with van der Waals surface area (Å²) < 4.78 is 0. The Hall–Kier alpha value is -3.15. The Morgan fingerprint density at radius 3 is 2.28 bits per heavy atom. The molecule has 7 heteroatoms. The summed E-state index contributed by atoms with van der Waals surface area (Å²) in [5, 5.41) is 11.8. The molecule has 3 aromatic rings. The lowest BCUT2D eigenvalue weighted by molar-refractivity contribution is -0.132. The number of benzene rings is 2. The highest BCUT2D eigenvalue weighted by Crippen LogP contribution is 2.43. The molecule has 0 spiro atoms. The van der Waals surface area contributed by atoms with Crippen LogP contribution in [0.15, 0.2) is 78.5 Å². The van der Waals surface area contributed by atoms with Gasteiger partial charge in [-0.25, -0.2) is 4.98 Å². The minimum absolute atomic E-state index is 0.0592. The lowest BCUT2D eigenvalue weighted by Crippen LogP contribution is -2.30. The number of carbonyl (C=O) groups is 2. The van der Waals surface area contributed by atoms with E-state index < -0.39 is 17.7 Å². The summed E-state index contributed by atoms with van der Waals surface area (Å²) in [5.41, 5.74) is 0.816. The molecule has 0 bridgehead atoms. The van der Waals surface area contributed by atoms with Crippen molar-refractivity contribution in [3.8, 4) is 0 Å². The van der Waals surface area contributed by atoms with Crippen molar-refractivity contribution in [3.63, 3.8) is 0 Å². The zero-order chi connectivity index (χ0) is 20.5. The third-order valence-corrected chi connectivity index (χ3v) is 5.25. The number of hydrogen-bond acceptors (Lipinski definition) is 4. The van der Waals surface area contributed by atoms with Gasteiger partial charge in [-0.05, 0) is 48.0 Å². The highest BCUT2D eigenvalue weighted by Gasteiger charge is 2.48. The molecule has 5 nitrogen and oxygen atoms in total. The van der Waals surface area contributed by atoms with Crippen LogP contribution >= 0.6 is 23.2 Å². The van der Waals surface area contributed by atoms with Crippen LogP contribution in [0.2, 0.25) is 10.0 Å². The number of hydrogen-bond donors (Lipinski definition) is 1. The average Bonchev–Trinajstić information content (AvgIpc) is 3.00. The van der Waals surface area contributed by atoms with Crippen molar-refractivity contribution in [2.75, 3.05) is 4.90 Å². The maximum Gasteiger partial charge on any atom is 0.301 e. The van der Waals surface area contributed by atoms with Gasteiger partial charge in [0.2, 0.25) is 0 Å². The molecule has 29 heavy (non-hydrogen) atoms. The molecule has 0 aliphatic carbocycles. The van der Waals surface area contributed by atoms with E-state index in [4.69, 9.17) is 23.2 Å². The van der Waals surface area contributed by atoms with Gasteiger partial charge in [-0.2, -0.15) is 0 Å². The van der Waals surface area contributed by atoms with Crippen LogP contribution in [-0.2, 0) is 9.59 Å². The molecule has 0 unspecified atom stereocenters. The fraction of sp³-hybridized carbons (Fsp3) is 0.0455. The van der Waals surface area contributed by atoms with Gasteiger partial charge < -0.3 is 5.11 Å². The molecule has 1 amide bonds. The number of ketones is 1. The summed E-state index contributed by atoms with van der Waals surface area (Å²) in [6, 6.07) is 17.3.